The topological polar surface area (TPSA) is 80.2 Å². The highest BCUT2D eigenvalue weighted by Crippen LogP contribution is 2.35. The van der Waals surface area contributed by atoms with Crippen LogP contribution in [-0.2, 0) is 0 Å². The van der Waals surface area contributed by atoms with E-state index in [-0.39, 0.29) is 17.9 Å². The summed E-state index contributed by atoms with van der Waals surface area (Å²) < 4.78 is 48.1. The van der Waals surface area contributed by atoms with E-state index in [1.165, 1.54) is 36.8 Å². The Kier molecular flexibility index (Phi) is 5.95. The van der Waals surface area contributed by atoms with Crippen molar-refractivity contribution in [3.05, 3.63) is 48.4 Å². The first-order valence-corrected chi connectivity index (χ1v) is 10.6. The number of carbonyl (C=O) groups is 1. The number of hydrogen-bond acceptors (Lipinski definition) is 7. The van der Waals surface area contributed by atoms with Crippen molar-refractivity contribution in [2.45, 2.75) is 24.6 Å². The number of carbonyl (C=O) groups excluding carboxylic acids is 1. The average Bonchev–Trinajstić information content (AvgIpc) is 3.37. The van der Waals surface area contributed by atoms with E-state index in [0.29, 0.717) is 35.0 Å². The molecular weight excluding hydrogens is 467 g/mol. The highest BCUT2D eigenvalue weighted by atomic mass is 35.5. The maximum Gasteiger partial charge on any atom is 0.487 e. The number of nitrogens with zero attached hydrogens (tertiary/aromatic N) is 4. The fourth-order valence-corrected chi connectivity index (χ4v) is 3.96. The molecule has 0 aliphatic carbocycles. The van der Waals surface area contributed by atoms with Gasteiger partial charge < -0.3 is 15.0 Å². The molecule has 12 heteroatoms. The molecule has 32 heavy (non-hydrogen) atoms. The normalized spacial score (nSPS) is 18.6. The van der Waals surface area contributed by atoms with E-state index in [0.717, 1.165) is 11.5 Å². The molecule has 1 aliphatic rings. The van der Waals surface area contributed by atoms with Gasteiger partial charge in [-0.3, -0.25) is 4.79 Å². The number of ether oxygens (including phenoxy) is 1. The Morgan fingerprint density at radius 1 is 1.31 bits per heavy atom. The van der Waals surface area contributed by atoms with Gasteiger partial charge in [0.25, 0.3) is 5.91 Å². The van der Waals surface area contributed by atoms with E-state index in [9.17, 15) is 18.0 Å². The second-order valence-electron chi connectivity index (χ2n) is 7.45. The van der Waals surface area contributed by atoms with E-state index in [1.54, 1.807) is 13.0 Å². The van der Waals surface area contributed by atoms with Crippen LogP contribution in [0.15, 0.2) is 42.9 Å². The number of pyridine rings is 1. The molecule has 1 atom stereocenters. The lowest BCUT2D eigenvalue weighted by molar-refractivity contribution is -0.0964. The molecule has 2 aromatic heterocycles. The molecular formula is C20H17ClF3N5O2S. The minimum atomic E-state index is -3.83. The molecule has 0 unspecified atom stereocenters. The zero-order valence-corrected chi connectivity index (χ0v) is 18.3. The molecule has 0 spiro atoms. The van der Waals surface area contributed by atoms with Crippen LogP contribution in [0.25, 0.3) is 10.6 Å². The van der Waals surface area contributed by atoms with Crippen LogP contribution < -0.4 is 15.0 Å². The van der Waals surface area contributed by atoms with E-state index < -0.39 is 17.1 Å². The Morgan fingerprint density at radius 3 is 2.66 bits per heavy atom. The molecule has 0 saturated carbocycles. The maximum atomic E-state index is 14.4. The van der Waals surface area contributed by atoms with Crippen molar-refractivity contribution in [1.29, 1.82) is 0 Å². The zero-order valence-electron chi connectivity index (χ0n) is 16.7. The molecule has 0 radical (unpaired) electrons. The van der Waals surface area contributed by atoms with Gasteiger partial charge in [0.2, 0.25) is 0 Å². The lowest BCUT2D eigenvalue weighted by Gasteiger charge is -2.21. The van der Waals surface area contributed by atoms with Gasteiger partial charge in [-0.2, -0.15) is 4.37 Å². The van der Waals surface area contributed by atoms with E-state index in [1.807, 2.05) is 4.90 Å². The van der Waals surface area contributed by atoms with Gasteiger partial charge in [0, 0.05) is 36.5 Å². The lowest BCUT2D eigenvalue weighted by atomic mass is 10.1. The number of amides is 1. The molecule has 1 aromatic carbocycles. The summed E-state index contributed by atoms with van der Waals surface area (Å²) in [4.78, 5) is 23.2. The fraction of sp³-hybridized carbons (Fsp3) is 0.300. The van der Waals surface area contributed by atoms with Gasteiger partial charge in [0.1, 0.15) is 28.6 Å². The van der Waals surface area contributed by atoms with Gasteiger partial charge in [-0.1, -0.05) is 0 Å². The third-order valence-electron chi connectivity index (χ3n) is 4.79. The highest BCUT2D eigenvalue weighted by Gasteiger charge is 2.35. The average molecular weight is 484 g/mol. The molecule has 7 nitrogen and oxygen atoms in total. The van der Waals surface area contributed by atoms with Crippen LogP contribution in [0.3, 0.4) is 0 Å². The van der Waals surface area contributed by atoms with E-state index in [2.05, 4.69) is 24.4 Å². The Balaban J connectivity index is 1.56. The monoisotopic (exact) mass is 483 g/mol. The third-order valence-corrected chi connectivity index (χ3v) is 5.56. The van der Waals surface area contributed by atoms with E-state index >= 15 is 0 Å². The van der Waals surface area contributed by atoms with Crippen LogP contribution >= 0.6 is 23.1 Å². The summed E-state index contributed by atoms with van der Waals surface area (Å²) in [6.07, 6.45) is 3.17. The predicted octanol–water partition coefficient (Wildman–Crippen LogP) is 4.96. The fourth-order valence-electron chi connectivity index (χ4n) is 3.33. The van der Waals surface area contributed by atoms with Crippen LogP contribution in [0, 0.1) is 0 Å². The number of benzene rings is 1. The maximum absolute atomic E-state index is 14.4. The van der Waals surface area contributed by atoms with Gasteiger partial charge in [0.15, 0.2) is 0 Å². The van der Waals surface area contributed by atoms with Crippen LogP contribution in [0.1, 0.15) is 23.7 Å². The van der Waals surface area contributed by atoms with Crippen LogP contribution in [0.4, 0.5) is 24.7 Å². The quantitative estimate of drug-likeness (QED) is 0.499. The highest BCUT2D eigenvalue weighted by molar-refractivity contribution is 7.09. The summed E-state index contributed by atoms with van der Waals surface area (Å²) in [7, 11) is 0. The van der Waals surface area contributed by atoms with Crippen molar-refractivity contribution < 1.29 is 22.7 Å². The van der Waals surface area contributed by atoms with Crippen molar-refractivity contribution in [1.82, 2.24) is 14.3 Å². The summed E-state index contributed by atoms with van der Waals surface area (Å²) in [6.45, 7) is 2.23. The van der Waals surface area contributed by atoms with Crippen molar-refractivity contribution in [3.8, 4) is 16.3 Å². The summed E-state index contributed by atoms with van der Waals surface area (Å²) in [5.74, 6) is -0.0934. The minimum absolute atomic E-state index is 0.155. The zero-order chi connectivity index (χ0) is 22.9. The number of nitrogens with one attached hydrogen (secondary N) is 1. The lowest BCUT2D eigenvalue weighted by Crippen LogP contribution is -2.27. The van der Waals surface area contributed by atoms with Crippen LogP contribution in [0.5, 0.6) is 5.75 Å². The van der Waals surface area contributed by atoms with Crippen molar-refractivity contribution in [2.24, 2.45) is 0 Å². The number of alkyl halides is 4. The number of rotatable bonds is 6. The molecule has 3 heterocycles. The summed E-state index contributed by atoms with van der Waals surface area (Å²) in [5.41, 5.74) is -3.97. The Hall–Kier alpha value is -2.92. The third kappa shape index (κ3) is 5.28. The van der Waals surface area contributed by atoms with Gasteiger partial charge in [-0.05, 0) is 48.8 Å². The molecule has 1 saturated heterocycles. The second-order valence-corrected chi connectivity index (χ2v) is 8.67. The van der Waals surface area contributed by atoms with Crippen molar-refractivity contribution >= 4 is 40.5 Å². The molecule has 168 valence electrons. The summed E-state index contributed by atoms with van der Waals surface area (Å²) >= 11 is 5.88. The molecule has 1 fully saturated rings. The summed E-state index contributed by atoms with van der Waals surface area (Å²) in [5, 5.41) is 3.22. The molecule has 1 N–H and O–H groups in total. The number of anilines is 2. The Morgan fingerprint density at radius 2 is 2.06 bits per heavy atom. The first kappa shape index (κ1) is 22.3. The molecule has 1 amide bonds. The SMILES string of the molecule is C[C@]1(F)CCN(c2ncc(C(=O)Nc3ccc(OC(F)(F)Cl)cc3)cc2-c2ncns2)C1. The van der Waals surface area contributed by atoms with Crippen molar-refractivity contribution in [2.75, 3.05) is 23.3 Å². The first-order chi connectivity index (χ1) is 15.1. The number of hydrogen-bond donors (Lipinski definition) is 1. The Labute approximate surface area is 190 Å². The standard InChI is InChI=1S/C20H17ClF3N5O2S/c1-19(22)6-7-29(10-19)16-15(18-26-11-27-32-18)8-12(9-25-16)17(30)28-13-2-4-14(5-3-13)31-20(21,23)24/h2-5,8-9,11H,6-7,10H2,1H3,(H,28,30)/t19-/m0/s1. The molecule has 1 aliphatic heterocycles. The smallest absolute Gasteiger partial charge is 0.420 e. The van der Waals surface area contributed by atoms with Gasteiger partial charge in [0.05, 0.1) is 17.7 Å². The molecule has 3 aromatic rings. The molecule has 4 rings (SSSR count). The largest absolute Gasteiger partial charge is 0.487 e. The van der Waals surface area contributed by atoms with E-state index in [4.69, 9.17) is 11.6 Å². The molecule has 0 bridgehead atoms. The van der Waals surface area contributed by atoms with Gasteiger partial charge in [-0.25, -0.2) is 14.4 Å². The van der Waals surface area contributed by atoms with Crippen LogP contribution in [-0.4, -0.2) is 44.6 Å². The summed E-state index contributed by atoms with van der Waals surface area (Å²) in [6, 6.07) is 6.92. The van der Waals surface area contributed by atoms with Gasteiger partial charge in [-0.15, -0.1) is 8.78 Å². The first-order valence-electron chi connectivity index (χ1n) is 9.48. The number of halogens is 4. The van der Waals surface area contributed by atoms with Crippen molar-refractivity contribution in [3.63, 3.8) is 0 Å². The minimum Gasteiger partial charge on any atom is -0.420 e. The number of aromatic nitrogens is 3. The second kappa shape index (κ2) is 8.55. The van der Waals surface area contributed by atoms with Crippen LogP contribution in [0.2, 0.25) is 0 Å². The predicted molar refractivity (Wildman–Crippen MR) is 115 cm³/mol. The van der Waals surface area contributed by atoms with Gasteiger partial charge >= 0.3 is 5.57 Å². The Bertz CT molecular complexity index is 1110.